The Balaban J connectivity index is 1.59. The van der Waals surface area contributed by atoms with E-state index in [0.29, 0.717) is 37.5 Å². The number of Topliss-reactive ketones (excluding diaryl/α,β-unsaturated/α-hetero) is 2. The highest BCUT2D eigenvalue weighted by atomic mass is 16.1. The number of carbonyl (C=O) groups excluding carboxylic acids is 2. The first-order chi connectivity index (χ1) is 14.6. The lowest BCUT2D eigenvalue weighted by Gasteiger charge is -2.28. The van der Waals surface area contributed by atoms with Gasteiger partial charge in [-0.1, -0.05) is 20.3 Å². The molecule has 6 heteroatoms. The third-order valence-corrected chi connectivity index (χ3v) is 5.81. The van der Waals surface area contributed by atoms with Crippen LogP contribution in [0.5, 0.6) is 0 Å². The third kappa shape index (κ3) is 6.25. The fourth-order valence-corrected chi connectivity index (χ4v) is 4.23. The average molecular weight is 409 g/mol. The van der Waals surface area contributed by atoms with E-state index in [2.05, 4.69) is 20.4 Å². The van der Waals surface area contributed by atoms with Gasteiger partial charge in [-0.05, 0) is 56.4 Å². The fourth-order valence-electron chi connectivity index (χ4n) is 4.23. The third-order valence-electron chi connectivity index (χ3n) is 5.81. The SMILES string of the molecule is CCCC(=O)Cc1ccc([C@@H]2CCC[C@H](c3ccc(CC(=O)CCC)nn3)C2)nn1. The zero-order valence-corrected chi connectivity index (χ0v) is 18.1. The molecule has 1 aliphatic rings. The molecular formula is C24H32N4O2. The lowest BCUT2D eigenvalue weighted by atomic mass is 9.78. The van der Waals surface area contributed by atoms with Crippen LogP contribution in [0.1, 0.15) is 99.8 Å². The molecule has 0 aromatic carbocycles. The van der Waals surface area contributed by atoms with Crippen molar-refractivity contribution in [3.63, 3.8) is 0 Å². The summed E-state index contributed by atoms with van der Waals surface area (Å²) in [5, 5.41) is 17.5. The van der Waals surface area contributed by atoms with Crippen molar-refractivity contribution in [2.24, 2.45) is 0 Å². The summed E-state index contributed by atoms with van der Waals surface area (Å²) in [5.74, 6) is 1.14. The Bertz CT molecular complexity index is 764. The largest absolute Gasteiger partial charge is 0.299 e. The molecule has 160 valence electrons. The van der Waals surface area contributed by atoms with Gasteiger partial charge in [-0.25, -0.2) is 0 Å². The minimum absolute atomic E-state index is 0.218. The van der Waals surface area contributed by atoms with E-state index >= 15 is 0 Å². The van der Waals surface area contributed by atoms with Crippen LogP contribution in [0.25, 0.3) is 0 Å². The molecule has 2 aromatic rings. The summed E-state index contributed by atoms with van der Waals surface area (Å²) >= 11 is 0. The molecule has 0 bridgehead atoms. The normalized spacial score (nSPS) is 18.9. The van der Waals surface area contributed by atoms with Crippen molar-refractivity contribution in [2.75, 3.05) is 0 Å². The minimum atomic E-state index is 0.218. The highest BCUT2D eigenvalue weighted by Gasteiger charge is 2.26. The van der Waals surface area contributed by atoms with Crippen LogP contribution in [-0.4, -0.2) is 32.0 Å². The molecule has 0 amide bonds. The molecule has 3 rings (SSSR count). The van der Waals surface area contributed by atoms with Crippen molar-refractivity contribution in [2.45, 2.75) is 89.9 Å². The Labute approximate surface area is 178 Å². The average Bonchev–Trinajstić information content (AvgIpc) is 2.75. The monoisotopic (exact) mass is 408 g/mol. The smallest absolute Gasteiger partial charge is 0.138 e. The highest BCUT2D eigenvalue weighted by molar-refractivity contribution is 5.80. The van der Waals surface area contributed by atoms with Crippen LogP contribution in [0.15, 0.2) is 24.3 Å². The highest BCUT2D eigenvalue weighted by Crippen LogP contribution is 2.39. The number of hydrogen-bond donors (Lipinski definition) is 0. The maximum Gasteiger partial charge on any atom is 0.138 e. The second-order valence-corrected chi connectivity index (χ2v) is 8.39. The van der Waals surface area contributed by atoms with Gasteiger partial charge >= 0.3 is 0 Å². The molecule has 1 fully saturated rings. The Hall–Kier alpha value is -2.50. The van der Waals surface area contributed by atoms with Gasteiger partial charge in [0.2, 0.25) is 0 Å². The van der Waals surface area contributed by atoms with Crippen molar-refractivity contribution >= 4 is 11.6 Å². The first-order valence-electron chi connectivity index (χ1n) is 11.3. The molecule has 30 heavy (non-hydrogen) atoms. The van der Waals surface area contributed by atoms with Gasteiger partial charge in [0.05, 0.1) is 35.6 Å². The molecule has 0 unspecified atom stereocenters. The molecule has 6 nitrogen and oxygen atoms in total. The summed E-state index contributed by atoms with van der Waals surface area (Å²) in [7, 11) is 0. The van der Waals surface area contributed by atoms with E-state index in [1.54, 1.807) is 0 Å². The fraction of sp³-hybridized carbons (Fsp3) is 0.583. The maximum absolute atomic E-state index is 11.8. The Morgan fingerprint density at radius 1 is 0.767 bits per heavy atom. The Morgan fingerprint density at radius 3 is 1.60 bits per heavy atom. The number of carbonyl (C=O) groups is 2. The summed E-state index contributed by atoms with van der Waals surface area (Å²) in [6, 6.07) is 7.95. The zero-order valence-electron chi connectivity index (χ0n) is 18.1. The first kappa shape index (κ1) is 22.2. The van der Waals surface area contributed by atoms with Gasteiger partial charge < -0.3 is 0 Å². The van der Waals surface area contributed by atoms with Gasteiger partial charge in [0.25, 0.3) is 0 Å². The molecule has 1 saturated carbocycles. The van der Waals surface area contributed by atoms with Gasteiger partial charge in [0.1, 0.15) is 11.6 Å². The Kier molecular flexibility index (Phi) is 8.17. The van der Waals surface area contributed by atoms with Gasteiger partial charge in [-0.2, -0.15) is 20.4 Å². The molecule has 0 N–H and O–H groups in total. The van der Waals surface area contributed by atoms with Crippen LogP contribution in [-0.2, 0) is 22.4 Å². The molecule has 2 aromatic heterocycles. The van der Waals surface area contributed by atoms with Crippen molar-refractivity contribution in [1.82, 2.24) is 20.4 Å². The second-order valence-electron chi connectivity index (χ2n) is 8.39. The van der Waals surface area contributed by atoms with Gasteiger partial charge in [0.15, 0.2) is 0 Å². The lowest BCUT2D eigenvalue weighted by molar-refractivity contribution is -0.119. The van der Waals surface area contributed by atoms with Crippen LogP contribution < -0.4 is 0 Å². The summed E-state index contributed by atoms with van der Waals surface area (Å²) < 4.78 is 0. The predicted octanol–water partition coefficient (Wildman–Crippen LogP) is 4.53. The number of nitrogens with zero attached hydrogens (tertiary/aromatic N) is 4. The molecule has 0 radical (unpaired) electrons. The van der Waals surface area contributed by atoms with Crippen LogP contribution >= 0.6 is 0 Å². The Morgan fingerprint density at radius 2 is 1.23 bits per heavy atom. The number of hydrogen-bond acceptors (Lipinski definition) is 6. The zero-order chi connectivity index (χ0) is 21.3. The van der Waals surface area contributed by atoms with Crippen molar-refractivity contribution in [3.8, 4) is 0 Å². The molecule has 1 aliphatic carbocycles. The molecular weight excluding hydrogens is 376 g/mol. The number of ketones is 2. The maximum atomic E-state index is 11.8. The minimum Gasteiger partial charge on any atom is -0.299 e. The number of aromatic nitrogens is 4. The number of rotatable bonds is 10. The van der Waals surface area contributed by atoms with Crippen molar-refractivity contribution in [1.29, 1.82) is 0 Å². The summed E-state index contributed by atoms with van der Waals surface area (Å²) in [6.45, 7) is 4.02. The lowest BCUT2D eigenvalue weighted by Crippen LogP contribution is -2.16. The summed E-state index contributed by atoms with van der Waals surface area (Å²) in [5.41, 5.74) is 3.51. The standard InChI is InChI=1S/C24H32N4O2/c1-3-6-21(29)15-19-10-12-23(27-25-19)17-8-5-9-18(14-17)24-13-11-20(26-28-24)16-22(30)7-4-2/h10-13,17-18H,3-9,14-16H2,1-2H3/t17-,18+. The van der Waals surface area contributed by atoms with E-state index in [4.69, 9.17) is 0 Å². The van der Waals surface area contributed by atoms with Gasteiger partial charge in [-0.15, -0.1) is 0 Å². The quantitative estimate of drug-likeness (QED) is 0.574. The van der Waals surface area contributed by atoms with E-state index in [0.717, 1.165) is 61.3 Å². The molecule has 0 aliphatic heterocycles. The van der Waals surface area contributed by atoms with E-state index < -0.39 is 0 Å². The summed E-state index contributed by atoms with van der Waals surface area (Å²) in [4.78, 5) is 23.6. The van der Waals surface area contributed by atoms with Gasteiger partial charge in [-0.3, -0.25) is 9.59 Å². The first-order valence-corrected chi connectivity index (χ1v) is 11.3. The van der Waals surface area contributed by atoms with E-state index in [-0.39, 0.29) is 11.6 Å². The topological polar surface area (TPSA) is 85.7 Å². The van der Waals surface area contributed by atoms with E-state index in [9.17, 15) is 9.59 Å². The van der Waals surface area contributed by atoms with Crippen molar-refractivity contribution in [3.05, 3.63) is 47.0 Å². The predicted molar refractivity (Wildman–Crippen MR) is 115 cm³/mol. The second kappa shape index (κ2) is 11.0. The van der Waals surface area contributed by atoms with Crippen molar-refractivity contribution < 1.29 is 9.59 Å². The van der Waals surface area contributed by atoms with Crippen LogP contribution in [0.3, 0.4) is 0 Å². The molecule has 0 spiro atoms. The van der Waals surface area contributed by atoms with Crippen LogP contribution in [0, 0.1) is 0 Å². The molecule has 0 saturated heterocycles. The van der Waals surface area contributed by atoms with Gasteiger partial charge in [0, 0.05) is 24.7 Å². The van der Waals surface area contributed by atoms with Crippen LogP contribution in [0.2, 0.25) is 0 Å². The van der Waals surface area contributed by atoms with E-state index in [1.807, 2.05) is 38.1 Å². The van der Waals surface area contributed by atoms with E-state index in [1.165, 1.54) is 0 Å². The summed E-state index contributed by atoms with van der Waals surface area (Å²) in [6.07, 6.45) is 7.96. The molecule has 2 heterocycles. The molecule has 2 atom stereocenters. The van der Waals surface area contributed by atoms with Crippen LogP contribution in [0.4, 0.5) is 0 Å².